The second-order valence-corrected chi connectivity index (χ2v) is 6.51. The van der Waals surface area contributed by atoms with Crippen LogP contribution in [0.1, 0.15) is 51.2 Å². The Hall–Kier alpha value is -1.16. The number of nitrogens with zero attached hydrogens (tertiary/aromatic N) is 1. The van der Waals surface area contributed by atoms with Gasteiger partial charge in [-0.25, -0.2) is 0 Å². The zero-order chi connectivity index (χ0) is 17.2. The average molecular weight is 406 g/mol. The van der Waals surface area contributed by atoms with E-state index in [1.165, 1.54) is 36.8 Å². The predicted octanol–water partition coefficient (Wildman–Crippen LogP) is 5.87. The molecule has 0 radical (unpaired) electrons. The Balaban J connectivity index is 0.00000312. The minimum absolute atomic E-state index is 0. The molecule has 0 aromatic heterocycles. The van der Waals surface area contributed by atoms with Crippen LogP contribution in [0.15, 0.2) is 54.6 Å². The molecule has 1 atom stereocenters. The lowest BCUT2D eigenvalue weighted by Gasteiger charge is -2.25. The standard InChI is InChI=1S/C22H31NO.BrH/c1-3-5-16-23(17-6-4-2)18-22(24)21-14-12-20(13-15-21)19-10-8-7-9-11-19;/h7-15,22,24H,3-6,16-18H2,1-2H3;1H. The van der Waals surface area contributed by atoms with Crippen molar-refractivity contribution in [2.75, 3.05) is 19.6 Å². The fourth-order valence-electron chi connectivity index (χ4n) is 2.94. The van der Waals surface area contributed by atoms with Gasteiger partial charge >= 0.3 is 0 Å². The Labute approximate surface area is 163 Å². The highest BCUT2D eigenvalue weighted by Gasteiger charge is 2.13. The molecule has 1 N–H and O–H groups in total. The van der Waals surface area contributed by atoms with Gasteiger partial charge in [-0.05, 0) is 42.6 Å². The lowest BCUT2D eigenvalue weighted by atomic mass is 10.0. The van der Waals surface area contributed by atoms with E-state index >= 15 is 0 Å². The third-order valence-electron chi connectivity index (χ3n) is 4.49. The van der Waals surface area contributed by atoms with Crippen molar-refractivity contribution in [3.63, 3.8) is 0 Å². The highest BCUT2D eigenvalue weighted by Crippen LogP contribution is 2.22. The van der Waals surface area contributed by atoms with Gasteiger partial charge in [-0.3, -0.25) is 0 Å². The fraction of sp³-hybridized carbons (Fsp3) is 0.455. The molecule has 2 aromatic rings. The second-order valence-electron chi connectivity index (χ2n) is 6.51. The van der Waals surface area contributed by atoms with Crippen molar-refractivity contribution >= 4 is 17.0 Å². The zero-order valence-corrected chi connectivity index (χ0v) is 17.2. The van der Waals surface area contributed by atoms with E-state index in [4.69, 9.17) is 0 Å². The first-order valence-electron chi connectivity index (χ1n) is 9.30. The molecule has 2 nitrogen and oxygen atoms in total. The van der Waals surface area contributed by atoms with E-state index < -0.39 is 6.10 Å². The van der Waals surface area contributed by atoms with Crippen molar-refractivity contribution in [1.82, 2.24) is 4.90 Å². The summed E-state index contributed by atoms with van der Waals surface area (Å²) < 4.78 is 0. The SMILES string of the molecule is Br.CCCCN(CCCC)CC(O)c1ccc(-c2ccccc2)cc1. The van der Waals surface area contributed by atoms with Gasteiger partial charge in [-0.2, -0.15) is 0 Å². The molecule has 25 heavy (non-hydrogen) atoms. The van der Waals surface area contributed by atoms with Crippen molar-refractivity contribution in [2.24, 2.45) is 0 Å². The normalized spacial score (nSPS) is 12.0. The summed E-state index contributed by atoms with van der Waals surface area (Å²) in [6.45, 7) is 7.32. The minimum atomic E-state index is -0.413. The topological polar surface area (TPSA) is 23.5 Å². The molecule has 1 unspecified atom stereocenters. The van der Waals surface area contributed by atoms with Crippen LogP contribution in [0.5, 0.6) is 0 Å². The number of unbranched alkanes of at least 4 members (excludes halogenated alkanes) is 2. The molecule has 0 aliphatic rings. The van der Waals surface area contributed by atoms with E-state index in [1.54, 1.807) is 0 Å². The lowest BCUT2D eigenvalue weighted by Crippen LogP contribution is -2.30. The summed E-state index contributed by atoms with van der Waals surface area (Å²) in [4.78, 5) is 2.41. The molecular weight excluding hydrogens is 374 g/mol. The molecule has 0 spiro atoms. The van der Waals surface area contributed by atoms with Gasteiger partial charge in [0.1, 0.15) is 0 Å². The van der Waals surface area contributed by atoms with Gasteiger partial charge in [-0.15, -0.1) is 17.0 Å². The van der Waals surface area contributed by atoms with Crippen LogP contribution in [0.25, 0.3) is 11.1 Å². The molecule has 138 valence electrons. The number of aliphatic hydroxyl groups excluding tert-OH is 1. The largest absolute Gasteiger partial charge is 0.387 e. The maximum atomic E-state index is 10.6. The molecule has 0 saturated carbocycles. The maximum absolute atomic E-state index is 10.6. The van der Waals surface area contributed by atoms with Crippen LogP contribution in [0.4, 0.5) is 0 Å². The molecule has 0 amide bonds. The Morgan fingerprint density at radius 3 is 1.84 bits per heavy atom. The highest BCUT2D eigenvalue weighted by molar-refractivity contribution is 8.93. The third kappa shape index (κ3) is 7.31. The maximum Gasteiger partial charge on any atom is 0.0916 e. The van der Waals surface area contributed by atoms with Crippen molar-refractivity contribution in [3.05, 3.63) is 60.2 Å². The molecule has 0 aliphatic carbocycles. The summed E-state index contributed by atoms with van der Waals surface area (Å²) >= 11 is 0. The van der Waals surface area contributed by atoms with E-state index in [-0.39, 0.29) is 17.0 Å². The van der Waals surface area contributed by atoms with Crippen LogP contribution in [0.3, 0.4) is 0 Å². The Kier molecular flexibility index (Phi) is 10.7. The molecule has 0 fully saturated rings. The molecule has 0 heterocycles. The van der Waals surface area contributed by atoms with Crippen molar-refractivity contribution in [3.8, 4) is 11.1 Å². The number of hydrogen-bond donors (Lipinski definition) is 1. The molecular formula is C22H32BrNO. The van der Waals surface area contributed by atoms with Crippen LogP contribution in [-0.4, -0.2) is 29.6 Å². The minimum Gasteiger partial charge on any atom is -0.387 e. The Bertz CT molecular complexity index is 562. The molecule has 3 heteroatoms. The van der Waals surface area contributed by atoms with Gasteiger partial charge in [0.25, 0.3) is 0 Å². The molecule has 0 saturated heterocycles. The van der Waals surface area contributed by atoms with Crippen LogP contribution >= 0.6 is 17.0 Å². The number of halogens is 1. The van der Waals surface area contributed by atoms with Gasteiger partial charge < -0.3 is 10.0 Å². The first-order valence-corrected chi connectivity index (χ1v) is 9.30. The molecule has 0 aliphatic heterocycles. The monoisotopic (exact) mass is 405 g/mol. The summed E-state index contributed by atoms with van der Waals surface area (Å²) in [6.07, 6.45) is 4.38. The van der Waals surface area contributed by atoms with E-state index in [0.29, 0.717) is 0 Å². The van der Waals surface area contributed by atoms with E-state index in [2.05, 4.69) is 67.3 Å². The fourth-order valence-corrected chi connectivity index (χ4v) is 2.94. The van der Waals surface area contributed by atoms with Gasteiger partial charge in [0.2, 0.25) is 0 Å². The lowest BCUT2D eigenvalue weighted by molar-refractivity contribution is 0.111. The zero-order valence-electron chi connectivity index (χ0n) is 15.5. The predicted molar refractivity (Wildman–Crippen MR) is 113 cm³/mol. The number of rotatable bonds is 10. The molecule has 0 bridgehead atoms. The third-order valence-corrected chi connectivity index (χ3v) is 4.49. The van der Waals surface area contributed by atoms with Crippen molar-refractivity contribution in [1.29, 1.82) is 0 Å². The summed E-state index contributed by atoms with van der Waals surface area (Å²) in [5, 5.41) is 10.6. The smallest absolute Gasteiger partial charge is 0.0916 e. The summed E-state index contributed by atoms with van der Waals surface area (Å²) in [6, 6.07) is 18.7. The van der Waals surface area contributed by atoms with Gasteiger partial charge in [0.05, 0.1) is 6.10 Å². The van der Waals surface area contributed by atoms with E-state index in [0.717, 1.165) is 25.2 Å². The van der Waals surface area contributed by atoms with Crippen LogP contribution < -0.4 is 0 Å². The van der Waals surface area contributed by atoms with Crippen LogP contribution in [0, 0.1) is 0 Å². The van der Waals surface area contributed by atoms with Crippen molar-refractivity contribution < 1.29 is 5.11 Å². The van der Waals surface area contributed by atoms with Gasteiger partial charge in [0, 0.05) is 6.54 Å². The summed E-state index contributed by atoms with van der Waals surface area (Å²) in [5.41, 5.74) is 3.42. The van der Waals surface area contributed by atoms with Gasteiger partial charge in [-0.1, -0.05) is 81.3 Å². The van der Waals surface area contributed by atoms with Crippen LogP contribution in [-0.2, 0) is 0 Å². The number of benzene rings is 2. The Morgan fingerprint density at radius 1 is 0.800 bits per heavy atom. The van der Waals surface area contributed by atoms with Crippen LogP contribution in [0.2, 0.25) is 0 Å². The number of aliphatic hydroxyl groups is 1. The first kappa shape index (κ1) is 21.9. The average Bonchev–Trinajstić information content (AvgIpc) is 2.64. The number of hydrogen-bond acceptors (Lipinski definition) is 2. The molecule has 2 aromatic carbocycles. The summed E-state index contributed by atoms with van der Waals surface area (Å²) in [5.74, 6) is 0. The van der Waals surface area contributed by atoms with E-state index in [9.17, 15) is 5.11 Å². The second kappa shape index (κ2) is 12.2. The van der Waals surface area contributed by atoms with E-state index in [1.807, 2.05) is 6.07 Å². The van der Waals surface area contributed by atoms with Crippen molar-refractivity contribution in [2.45, 2.75) is 45.6 Å². The summed E-state index contributed by atoms with van der Waals surface area (Å²) in [7, 11) is 0. The van der Waals surface area contributed by atoms with Gasteiger partial charge in [0.15, 0.2) is 0 Å². The Morgan fingerprint density at radius 2 is 1.32 bits per heavy atom. The quantitative estimate of drug-likeness (QED) is 0.534. The molecule has 2 rings (SSSR count). The first-order chi connectivity index (χ1) is 11.7. The highest BCUT2D eigenvalue weighted by atomic mass is 79.9.